The molecule has 1 N–H and O–H groups in total. The van der Waals surface area contributed by atoms with Crippen LogP contribution in [0, 0.1) is 18.8 Å². The van der Waals surface area contributed by atoms with Crippen molar-refractivity contribution in [1.29, 1.82) is 0 Å². The molecule has 1 saturated heterocycles. The maximum Gasteiger partial charge on any atom is 0.263 e. The molecular formula is C16H22N4O2. The molecule has 2 aliphatic rings. The highest BCUT2D eigenvalue weighted by Gasteiger charge is 2.48. The number of hydrogen-bond acceptors (Lipinski definition) is 6. The van der Waals surface area contributed by atoms with E-state index in [0.29, 0.717) is 17.5 Å². The summed E-state index contributed by atoms with van der Waals surface area (Å²) in [6, 6.07) is 0. The molecule has 0 bridgehead atoms. The van der Waals surface area contributed by atoms with Gasteiger partial charge in [-0.05, 0) is 32.1 Å². The predicted molar refractivity (Wildman–Crippen MR) is 82.6 cm³/mol. The number of nitrogens with zero attached hydrogens (tertiary/aromatic N) is 4. The van der Waals surface area contributed by atoms with Crippen LogP contribution in [0.3, 0.4) is 0 Å². The summed E-state index contributed by atoms with van der Waals surface area (Å²) in [7, 11) is 0. The van der Waals surface area contributed by atoms with Gasteiger partial charge in [0, 0.05) is 19.0 Å². The van der Waals surface area contributed by atoms with Gasteiger partial charge >= 0.3 is 0 Å². The lowest BCUT2D eigenvalue weighted by atomic mass is 9.69. The van der Waals surface area contributed by atoms with E-state index in [-0.39, 0.29) is 0 Å². The first kappa shape index (κ1) is 13.9. The second-order valence-electron chi connectivity index (χ2n) is 6.77. The Balaban J connectivity index is 1.71. The molecule has 0 aromatic carbocycles. The van der Waals surface area contributed by atoms with Crippen molar-refractivity contribution in [2.75, 3.05) is 18.0 Å². The zero-order chi connectivity index (χ0) is 15.3. The predicted octanol–water partition coefficient (Wildman–Crippen LogP) is 2.30. The highest BCUT2D eigenvalue weighted by Crippen LogP contribution is 2.45. The third kappa shape index (κ3) is 1.93. The number of rotatable bonds is 2. The summed E-state index contributed by atoms with van der Waals surface area (Å²) in [6.45, 7) is 5.82. The Kier molecular flexibility index (Phi) is 3.11. The van der Waals surface area contributed by atoms with E-state index in [4.69, 9.17) is 4.52 Å². The first-order valence-electron chi connectivity index (χ1n) is 8.16. The Bertz CT molecular complexity index is 701. The molecule has 0 unspecified atom stereocenters. The summed E-state index contributed by atoms with van der Waals surface area (Å²) < 4.78 is 5.25. The molecule has 0 radical (unpaired) electrons. The lowest BCUT2D eigenvalue weighted by Crippen LogP contribution is -2.44. The fourth-order valence-electron chi connectivity index (χ4n) is 4.38. The molecular weight excluding hydrogens is 280 g/mol. The van der Waals surface area contributed by atoms with Crippen LogP contribution < -0.4 is 4.90 Å². The molecule has 118 valence electrons. The number of hydrogen-bond donors (Lipinski definition) is 1. The van der Waals surface area contributed by atoms with Crippen molar-refractivity contribution in [2.24, 2.45) is 11.8 Å². The SMILES string of the molecule is CC[C@]1(O)CCC[C@H]2CN(c3ncnc4onc(C)c34)C[C@H]21. The van der Waals surface area contributed by atoms with Gasteiger partial charge in [0.2, 0.25) is 0 Å². The molecule has 1 aliphatic carbocycles. The normalized spacial score (nSPS) is 31.7. The summed E-state index contributed by atoms with van der Waals surface area (Å²) in [5.74, 6) is 1.77. The molecule has 2 aromatic heterocycles. The Morgan fingerprint density at radius 3 is 3.09 bits per heavy atom. The number of fused-ring (bicyclic) bond motifs is 2. The third-order valence-corrected chi connectivity index (χ3v) is 5.65. The molecule has 0 spiro atoms. The average molecular weight is 302 g/mol. The van der Waals surface area contributed by atoms with Gasteiger partial charge < -0.3 is 14.5 Å². The molecule has 2 aromatic rings. The highest BCUT2D eigenvalue weighted by atomic mass is 16.5. The first-order valence-corrected chi connectivity index (χ1v) is 8.16. The van der Waals surface area contributed by atoms with Crippen LogP contribution in [0.15, 0.2) is 10.9 Å². The summed E-state index contributed by atoms with van der Waals surface area (Å²) in [6.07, 6.45) is 5.60. The van der Waals surface area contributed by atoms with E-state index in [1.807, 2.05) is 6.92 Å². The number of aromatic nitrogens is 3. The summed E-state index contributed by atoms with van der Waals surface area (Å²) in [4.78, 5) is 10.9. The molecule has 2 fully saturated rings. The maximum absolute atomic E-state index is 11.0. The summed E-state index contributed by atoms with van der Waals surface area (Å²) in [5, 5.41) is 15.9. The molecule has 3 atom stereocenters. The van der Waals surface area contributed by atoms with Crippen molar-refractivity contribution in [3.05, 3.63) is 12.0 Å². The van der Waals surface area contributed by atoms with Crippen molar-refractivity contribution in [2.45, 2.75) is 45.1 Å². The lowest BCUT2D eigenvalue weighted by Gasteiger charge is -2.40. The minimum atomic E-state index is -0.520. The van der Waals surface area contributed by atoms with Crippen LogP contribution in [0.2, 0.25) is 0 Å². The Hall–Kier alpha value is -1.69. The van der Waals surface area contributed by atoms with Crippen LogP contribution in [0.4, 0.5) is 5.82 Å². The molecule has 1 saturated carbocycles. The van der Waals surface area contributed by atoms with Crippen LogP contribution in [0.25, 0.3) is 11.1 Å². The van der Waals surface area contributed by atoms with Crippen molar-refractivity contribution >= 4 is 16.9 Å². The smallest absolute Gasteiger partial charge is 0.263 e. The summed E-state index contributed by atoms with van der Waals surface area (Å²) in [5.41, 5.74) is 0.849. The van der Waals surface area contributed by atoms with E-state index in [2.05, 4.69) is 26.9 Å². The van der Waals surface area contributed by atoms with Crippen LogP contribution >= 0.6 is 0 Å². The Morgan fingerprint density at radius 1 is 1.41 bits per heavy atom. The molecule has 0 amide bonds. The molecule has 4 rings (SSSR count). The van der Waals surface area contributed by atoms with Gasteiger partial charge in [-0.25, -0.2) is 4.98 Å². The van der Waals surface area contributed by atoms with Gasteiger partial charge in [-0.3, -0.25) is 0 Å². The lowest BCUT2D eigenvalue weighted by molar-refractivity contribution is -0.0597. The van der Waals surface area contributed by atoms with Gasteiger partial charge in [-0.2, -0.15) is 4.98 Å². The standard InChI is InChI=1S/C16H22N4O2/c1-3-16(21)6-4-5-11-7-20(8-12(11)16)14-13-10(2)19-22-15(13)18-9-17-14/h9,11-12,21H,3-8H2,1-2H3/t11-,12+,16-/m0/s1. The molecule has 6 nitrogen and oxygen atoms in total. The minimum Gasteiger partial charge on any atom is -0.390 e. The number of anilines is 1. The van der Waals surface area contributed by atoms with Crippen LogP contribution in [0.5, 0.6) is 0 Å². The third-order valence-electron chi connectivity index (χ3n) is 5.65. The van der Waals surface area contributed by atoms with Gasteiger partial charge in [0.05, 0.1) is 11.3 Å². The quantitative estimate of drug-likeness (QED) is 0.917. The monoisotopic (exact) mass is 302 g/mol. The van der Waals surface area contributed by atoms with Crippen LogP contribution in [-0.4, -0.2) is 38.9 Å². The molecule has 6 heteroatoms. The Morgan fingerprint density at radius 2 is 2.27 bits per heavy atom. The zero-order valence-electron chi connectivity index (χ0n) is 13.1. The first-order chi connectivity index (χ1) is 10.6. The molecule has 22 heavy (non-hydrogen) atoms. The average Bonchev–Trinajstić information content (AvgIpc) is 3.13. The maximum atomic E-state index is 11.0. The van der Waals surface area contributed by atoms with Crippen molar-refractivity contribution < 1.29 is 9.63 Å². The summed E-state index contributed by atoms with van der Waals surface area (Å²) >= 11 is 0. The van der Waals surface area contributed by atoms with E-state index in [1.54, 1.807) is 0 Å². The van der Waals surface area contributed by atoms with Crippen molar-refractivity contribution in [3.8, 4) is 0 Å². The molecule has 3 heterocycles. The largest absolute Gasteiger partial charge is 0.390 e. The zero-order valence-corrected chi connectivity index (χ0v) is 13.1. The van der Waals surface area contributed by atoms with Gasteiger partial charge in [0.25, 0.3) is 5.71 Å². The van der Waals surface area contributed by atoms with E-state index in [0.717, 1.165) is 49.2 Å². The van der Waals surface area contributed by atoms with Gasteiger partial charge in [0.15, 0.2) is 0 Å². The van der Waals surface area contributed by atoms with Crippen LogP contribution in [-0.2, 0) is 0 Å². The fourth-order valence-corrected chi connectivity index (χ4v) is 4.38. The second-order valence-corrected chi connectivity index (χ2v) is 6.77. The topological polar surface area (TPSA) is 75.3 Å². The number of aliphatic hydroxyl groups is 1. The van der Waals surface area contributed by atoms with E-state index >= 15 is 0 Å². The highest BCUT2D eigenvalue weighted by molar-refractivity contribution is 5.88. The van der Waals surface area contributed by atoms with E-state index < -0.39 is 5.60 Å². The second kappa shape index (κ2) is 4.91. The van der Waals surface area contributed by atoms with Crippen LogP contribution in [0.1, 0.15) is 38.3 Å². The van der Waals surface area contributed by atoms with Crippen molar-refractivity contribution in [3.63, 3.8) is 0 Å². The Labute approximate surface area is 129 Å². The van der Waals surface area contributed by atoms with E-state index in [1.165, 1.54) is 12.7 Å². The minimum absolute atomic E-state index is 0.330. The van der Waals surface area contributed by atoms with Gasteiger partial charge in [-0.1, -0.05) is 18.5 Å². The number of aryl methyl sites for hydroxylation is 1. The van der Waals surface area contributed by atoms with Gasteiger partial charge in [-0.15, -0.1) is 0 Å². The van der Waals surface area contributed by atoms with Crippen molar-refractivity contribution in [1.82, 2.24) is 15.1 Å². The van der Waals surface area contributed by atoms with Gasteiger partial charge in [0.1, 0.15) is 17.5 Å². The molecule has 1 aliphatic heterocycles. The van der Waals surface area contributed by atoms with E-state index in [9.17, 15) is 5.11 Å². The fraction of sp³-hybridized carbons (Fsp3) is 0.688.